The van der Waals surface area contributed by atoms with Crippen molar-refractivity contribution in [3.63, 3.8) is 0 Å². The van der Waals surface area contributed by atoms with Crippen LogP contribution in [0.5, 0.6) is 11.6 Å². The van der Waals surface area contributed by atoms with Crippen LogP contribution < -0.4 is 10.5 Å². The SMILES string of the molecule is Cc1ccc(N)cc1Oc1nc2ccccc2cc1C#N. The largest absolute Gasteiger partial charge is 0.437 e. The number of anilines is 1. The number of pyridine rings is 1. The molecule has 0 bridgehead atoms. The standard InChI is InChI=1S/C17H13N3O/c1-11-6-7-14(19)9-16(11)21-17-13(10-18)8-12-4-2-3-5-15(12)20-17/h2-9H,19H2,1H3. The van der Waals surface area contributed by atoms with E-state index in [-0.39, 0.29) is 0 Å². The van der Waals surface area contributed by atoms with Crippen LogP contribution in [0.1, 0.15) is 11.1 Å². The second-order valence-electron chi connectivity index (χ2n) is 4.77. The molecule has 0 aliphatic rings. The molecule has 1 heterocycles. The molecule has 1 aromatic heterocycles. The fourth-order valence-electron chi connectivity index (χ4n) is 2.09. The zero-order valence-corrected chi connectivity index (χ0v) is 11.5. The molecule has 3 aromatic rings. The lowest BCUT2D eigenvalue weighted by Gasteiger charge is -2.10. The Hall–Kier alpha value is -3.06. The van der Waals surface area contributed by atoms with Crippen LogP contribution in [0.3, 0.4) is 0 Å². The van der Waals surface area contributed by atoms with Gasteiger partial charge < -0.3 is 10.5 Å². The molecule has 0 radical (unpaired) electrons. The first-order valence-electron chi connectivity index (χ1n) is 6.51. The Morgan fingerprint density at radius 2 is 1.95 bits per heavy atom. The first kappa shape index (κ1) is 12.9. The summed E-state index contributed by atoms with van der Waals surface area (Å²) in [7, 11) is 0. The van der Waals surface area contributed by atoms with Gasteiger partial charge in [-0.25, -0.2) is 4.98 Å². The van der Waals surface area contributed by atoms with Crippen molar-refractivity contribution in [1.29, 1.82) is 5.26 Å². The van der Waals surface area contributed by atoms with Crippen LogP contribution in [0, 0.1) is 18.3 Å². The van der Waals surface area contributed by atoms with Crippen molar-refractivity contribution in [3.05, 3.63) is 59.7 Å². The highest BCUT2D eigenvalue weighted by atomic mass is 16.5. The maximum Gasteiger partial charge on any atom is 0.237 e. The third-order valence-electron chi connectivity index (χ3n) is 3.23. The average Bonchev–Trinajstić information content (AvgIpc) is 2.50. The molecule has 102 valence electrons. The molecular weight excluding hydrogens is 262 g/mol. The molecule has 0 aliphatic carbocycles. The van der Waals surface area contributed by atoms with Crippen molar-refractivity contribution >= 4 is 16.6 Å². The van der Waals surface area contributed by atoms with Gasteiger partial charge in [0.05, 0.1) is 5.52 Å². The number of para-hydroxylation sites is 1. The fraction of sp³-hybridized carbons (Fsp3) is 0.0588. The first-order valence-corrected chi connectivity index (χ1v) is 6.51. The Morgan fingerprint density at radius 3 is 2.76 bits per heavy atom. The normalized spacial score (nSPS) is 10.3. The Kier molecular flexibility index (Phi) is 3.17. The predicted octanol–water partition coefficient (Wildman–Crippen LogP) is 3.79. The monoisotopic (exact) mass is 275 g/mol. The Labute approximate surface area is 122 Å². The van der Waals surface area contributed by atoms with E-state index >= 15 is 0 Å². The van der Waals surface area contributed by atoms with Crippen LogP contribution in [-0.2, 0) is 0 Å². The topological polar surface area (TPSA) is 71.9 Å². The third kappa shape index (κ3) is 2.49. The van der Waals surface area contributed by atoms with Gasteiger partial charge in [-0.2, -0.15) is 5.26 Å². The van der Waals surface area contributed by atoms with Crippen LogP contribution in [0.25, 0.3) is 10.9 Å². The number of hydrogen-bond acceptors (Lipinski definition) is 4. The number of nitriles is 1. The zero-order chi connectivity index (χ0) is 14.8. The van der Waals surface area contributed by atoms with Crippen molar-refractivity contribution in [2.24, 2.45) is 0 Å². The lowest BCUT2D eigenvalue weighted by molar-refractivity contribution is 0.460. The molecule has 2 aromatic carbocycles. The first-order chi connectivity index (χ1) is 10.2. The van der Waals surface area contributed by atoms with E-state index in [1.54, 1.807) is 18.2 Å². The van der Waals surface area contributed by atoms with E-state index < -0.39 is 0 Å². The minimum absolute atomic E-state index is 0.296. The molecule has 0 spiro atoms. The summed E-state index contributed by atoms with van der Waals surface area (Å²) in [5, 5.41) is 10.2. The van der Waals surface area contributed by atoms with Gasteiger partial charge in [0.1, 0.15) is 17.4 Å². The van der Waals surface area contributed by atoms with E-state index in [1.807, 2.05) is 37.3 Å². The Bertz CT molecular complexity index is 866. The van der Waals surface area contributed by atoms with Gasteiger partial charge in [0, 0.05) is 17.1 Å². The van der Waals surface area contributed by atoms with Crippen molar-refractivity contribution in [1.82, 2.24) is 4.98 Å². The Morgan fingerprint density at radius 1 is 1.14 bits per heavy atom. The molecule has 0 aliphatic heterocycles. The smallest absolute Gasteiger partial charge is 0.237 e. The molecule has 0 unspecified atom stereocenters. The molecular formula is C17H13N3O. The number of aryl methyl sites for hydroxylation is 1. The summed E-state index contributed by atoms with van der Waals surface area (Å²) in [6, 6.07) is 16.9. The molecule has 0 fully saturated rings. The second kappa shape index (κ2) is 5.14. The maximum atomic E-state index is 9.29. The average molecular weight is 275 g/mol. The van der Waals surface area contributed by atoms with Crippen LogP contribution >= 0.6 is 0 Å². The molecule has 0 amide bonds. The lowest BCUT2D eigenvalue weighted by atomic mass is 10.1. The van der Waals surface area contributed by atoms with E-state index in [0.717, 1.165) is 16.5 Å². The lowest BCUT2D eigenvalue weighted by Crippen LogP contribution is -1.96. The van der Waals surface area contributed by atoms with Gasteiger partial charge in [-0.1, -0.05) is 24.3 Å². The highest BCUT2D eigenvalue weighted by Crippen LogP contribution is 2.29. The summed E-state index contributed by atoms with van der Waals surface area (Å²) in [5.41, 5.74) is 8.50. The molecule has 4 heteroatoms. The number of nitrogen functional groups attached to an aromatic ring is 1. The number of nitrogens with zero attached hydrogens (tertiary/aromatic N) is 2. The van der Waals surface area contributed by atoms with Gasteiger partial charge in [0.2, 0.25) is 5.88 Å². The third-order valence-corrected chi connectivity index (χ3v) is 3.23. The number of rotatable bonds is 2. The summed E-state index contributed by atoms with van der Waals surface area (Å²) in [4.78, 5) is 4.43. The van der Waals surface area contributed by atoms with Gasteiger partial charge in [-0.3, -0.25) is 0 Å². The number of benzene rings is 2. The second-order valence-corrected chi connectivity index (χ2v) is 4.77. The van der Waals surface area contributed by atoms with Crippen LogP contribution in [-0.4, -0.2) is 4.98 Å². The molecule has 2 N–H and O–H groups in total. The summed E-state index contributed by atoms with van der Waals surface area (Å²) in [6.45, 7) is 1.92. The van der Waals surface area contributed by atoms with Crippen LogP contribution in [0.4, 0.5) is 5.69 Å². The predicted molar refractivity (Wildman–Crippen MR) is 82.1 cm³/mol. The maximum absolute atomic E-state index is 9.29. The Balaban J connectivity index is 2.11. The van der Waals surface area contributed by atoms with E-state index in [9.17, 15) is 5.26 Å². The van der Waals surface area contributed by atoms with Crippen molar-refractivity contribution in [2.45, 2.75) is 6.92 Å². The number of ether oxygens (including phenoxy) is 1. The minimum Gasteiger partial charge on any atom is -0.437 e. The van der Waals surface area contributed by atoms with Crippen molar-refractivity contribution < 1.29 is 4.74 Å². The van der Waals surface area contributed by atoms with Crippen LogP contribution in [0.15, 0.2) is 48.5 Å². The van der Waals surface area contributed by atoms with E-state index in [2.05, 4.69) is 11.1 Å². The number of nitrogens with two attached hydrogens (primary N) is 1. The minimum atomic E-state index is 0.296. The van der Waals surface area contributed by atoms with Crippen molar-refractivity contribution in [3.8, 4) is 17.7 Å². The molecule has 0 atom stereocenters. The zero-order valence-electron chi connectivity index (χ0n) is 11.5. The fourth-order valence-corrected chi connectivity index (χ4v) is 2.09. The van der Waals surface area contributed by atoms with Gasteiger partial charge >= 0.3 is 0 Å². The molecule has 0 saturated carbocycles. The molecule has 3 rings (SSSR count). The molecule has 0 saturated heterocycles. The summed E-state index contributed by atoms with van der Waals surface area (Å²) < 4.78 is 5.81. The van der Waals surface area contributed by atoms with E-state index in [1.165, 1.54) is 0 Å². The van der Waals surface area contributed by atoms with Gasteiger partial charge in [0.15, 0.2) is 0 Å². The van der Waals surface area contributed by atoms with Gasteiger partial charge in [-0.15, -0.1) is 0 Å². The summed E-state index contributed by atoms with van der Waals surface area (Å²) in [5.74, 6) is 0.902. The summed E-state index contributed by atoms with van der Waals surface area (Å²) >= 11 is 0. The summed E-state index contributed by atoms with van der Waals surface area (Å²) in [6.07, 6.45) is 0. The molecule has 21 heavy (non-hydrogen) atoms. The van der Waals surface area contributed by atoms with Gasteiger partial charge in [0.25, 0.3) is 0 Å². The van der Waals surface area contributed by atoms with E-state index in [0.29, 0.717) is 22.9 Å². The number of aromatic nitrogens is 1. The quantitative estimate of drug-likeness (QED) is 0.722. The highest BCUT2D eigenvalue weighted by Gasteiger charge is 2.10. The number of hydrogen-bond donors (Lipinski definition) is 1. The van der Waals surface area contributed by atoms with Crippen molar-refractivity contribution in [2.75, 3.05) is 5.73 Å². The van der Waals surface area contributed by atoms with Gasteiger partial charge in [-0.05, 0) is 30.7 Å². The number of fused-ring (bicyclic) bond motifs is 1. The van der Waals surface area contributed by atoms with E-state index in [4.69, 9.17) is 10.5 Å². The van der Waals surface area contributed by atoms with Crippen LogP contribution in [0.2, 0.25) is 0 Å². The highest BCUT2D eigenvalue weighted by molar-refractivity contribution is 5.81. The molecule has 4 nitrogen and oxygen atoms in total.